The molecule has 5 nitrogen and oxygen atoms in total. The first kappa shape index (κ1) is 22.0. The Bertz CT molecular complexity index is 901. The molecule has 6 heteroatoms. The normalized spacial score (nSPS) is 14.2. The number of carbonyl (C=O) groups is 1. The zero-order valence-electron chi connectivity index (χ0n) is 17.4. The Morgan fingerprint density at radius 3 is 1.96 bits per heavy atom. The van der Waals surface area contributed by atoms with Crippen molar-refractivity contribution in [2.45, 2.75) is 52.1 Å². The molecular weight excluding hydrogens is 372 g/mol. The van der Waals surface area contributed by atoms with Crippen molar-refractivity contribution < 1.29 is 13.2 Å². The van der Waals surface area contributed by atoms with Crippen LogP contribution in [0.4, 0.5) is 5.69 Å². The van der Waals surface area contributed by atoms with Crippen molar-refractivity contribution in [1.29, 1.82) is 0 Å². The van der Waals surface area contributed by atoms with Crippen molar-refractivity contribution in [2.75, 3.05) is 10.6 Å². The molecule has 0 saturated heterocycles. The molecule has 0 spiro atoms. The fourth-order valence-electron chi connectivity index (χ4n) is 3.07. The second kappa shape index (κ2) is 8.35. The minimum Gasteiger partial charge on any atom is -0.348 e. The maximum Gasteiger partial charge on any atom is 0.244 e. The van der Waals surface area contributed by atoms with E-state index in [4.69, 9.17) is 0 Å². The summed E-state index contributed by atoms with van der Waals surface area (Å²) in [6.45, 7) is 9.94. The van der Waals surface area contributed by atoms with Gasteiger partial charge in [-0.25, -0.2) is 8.42 Å². The van der Waals surface area contributed by atoms with Gasteiger partial charge in [-0.15, -0.1) is 0 Å². The first-order valence-corrected chi connectivity index (χ1v) is 11.2. The highest BCUT2D eigenvalue weighted by Gasteiger charge is 2.29. The third-order valence-electron chi connectivity index (χ3n) is 4.73. The molecule has 0 aliphatic rings. The molecule has 2 rings (SSSR count). The van der Waals surface area contributed by atoms with Gasteiger partial charge in [-0.1, -0.05) is 63.2 Å². The molecule has 0 bridgehead atoms. The molecule has 0 fully saturated rings. The van der Waals surface area contributed by atoms with Crippen LogP contribution in [0.1, 0.15) is 51.8 Å². The van der Waals surface area contributed by atoms with Crippen LogP contribution >= 0.6 is 0 Å². The molecule has 0 aliphatic heterocycles. The Balaban J connectivity index is 2.18. The van der Waals surface area contributed by atoms with Crippen LogP contribution in [0.2, 0.25) is 0 Å². The maximum absolute atomic E-state index is 12.8. The minimum atomic E-state index is -3.61. The first-order chi connectivity index (χ1) is 12.9. The van der Waals surface area contributed by atoms with Crippen LogP contribution in [0.15, 0.2) is 54.6 Å². The van der Waals surface area contributed by atoms with E-state index in [1.807, 2.05) is 19.1 Å². The van der Waals surface area contributed by atoms with Gasteiger partial charge in [-0.2, -0.15) is 0 Å². The van der Waals surface area contributed by atoms with Crippen molar-refractivity contribution in [3.8, 4) is 0 Å². The molecule has 0 heterocycles. The van der Waals surface area contributed by atoms with E-state index in [-0.39, 0.29) is 17.4 Å². The van der Waals surface area contributed by atoms with Gasteiger partial charge in [0, 0.05) is 0 Å². The quantitative estimate of drug-likeness (QED) is 0.794. The number of amides is 1. The number of hydrogen-bond donors (Lipinski definition) is 1. The first-order valence-electron chi connectivity index (χ1n) is 9.36. The molecule has 0 saturated carbocycles. The zero-order valence-corrected chi connectivity index (χ0v) is 18.2. The molecule has 0 unspecified atom stereocenters. The van der Waals surface area contributed by atoms with Gasteiger partial charge < -0.3 is 5.32 Å². The fourth-order valence-corrected chi connectivity index (χ4v) is 4.25. The van der Waals surface area contributed by atoms with E-state index >= 15 is 0 Å². The molecule has 2 aromatic rings. The second-order valence-corrected chi connectivity index (χ2v) is 10.0. The van der Waals surface area contributed by atoms with Crippen LogP contribution in [0.3, 0.4) is 0 Å². The summed E-state index contributed by atoms with van der Waals surface area (Å²) in [5.41, 5.74) is 2.72. The lowest BCUT2D eigenvalue weighted by Gasteiger charge is -2.29. The van der Waals surface area contributed by atoms with Crippen LogP contribution < -0.4 is 9.62 Å². The van der Waals surface area contributed by atoms with Gasteiger partial charge in [0.15, 0.2) is 0 Å². The Labute approximate surface area is 168 Å². The number of sulfonamides is 1. The van der Waals surface area contributed by atoms with Gasteiger partial charge in [0.2, 0.25) is 15.9 Å². The number of para-hydroxylation sites is 1. The van der Waals surface area contributed by atoms with E-state index in [0.29, 0.717) is 5.69 Å². The van der Waals surface area contributed by atoms with E-state index in [1.165, 1.54) is 5.56 Å². The van der Waals surface area contributed by atoms with E-state index in [2.05, 4.69) is 38.2 Å². The third kappa shape index (κ3) is 5.35. The maximum atomic E-state index is 12.8. The predicted molar refractivity (Wildman–Crippen MR) is 115 cm³/mol. The average Bonchev–Trinajstić information content (AvgIpc) is 2.60. The van der Waals surface area contributed by atoms with Gasteiger partial charge in [-0.3, -0.25) is 9.10 Å². The molecule has 1 amide bonds. The van der Waals surface area contributed by atoms with Gasteiger partial charge in [0.05, 0.1) is 18.0 Å². The number of anilines is 1. The fraction of sp³-hybridized carbons (Fsp3) is 0.409. The standard InChI is InChI=1S/C22H30N2O3S/c1-16(18-12-14-19(15-13-18)22(3,4)5)23-21(25)17(2)24(28(6,26)27)20-10-8-7-9-11-20/h7-17H,1-6H3,(H,23,25)/t16-,17-/m0/s1. The summed E-state index contributed by atoms with van der Waals surface area (Å²) in [6.07, 6.45) is 1.11. The average molecular weight is 403 g/mol. The topological polar surface area (TPSA) is 66.5 Å². The van der Waals surface area contributed by atoms with Gasteiger partial charge in [0.25, 0.3) is 0 Å². The molecule has 2 aromatic carbocycles. The number of rotatable bonds is 6. The number of benzene rings is 2. The van der Waals surface area contributed by atoms with Crippen LogP contribution in [-0.2, 0) is 20.2 Å². The molecule has 0 aromatic heterocycles. The SMILES string of the molecule is C[C@H](NC(=O)[C@H](C)N(c1ccccc1)S(C)(=O)=O)c1ccc(C(C)(C)C)cc1. The summed E-state index contributed by atoms with van der Waals surface area (Å²) >= 11 is 0. The van der Waals surface area contributed by atoms with Crippen LogP contribution in [0.5, 0.6) is 0 Å². The highest BCUT2D eigenvalue weighted by Crippen LogP contribution is 2.24. The minimum absolute atomic E-state index is 0.0607. The second-order valence-electron chi connectivity index (χ2n) is 8.17. The van der Waals surface area contributed by atoms with Crippen molar-refractivity contribution in [2.24, 2.45) is 0 Å². The molecular formula is C22H30N2O3S. The molecule has 28 heavy (non-hydrogen) atoms. The van der Waals surface area contributed by atoms with E-state index in [9.17, 15) is 13.2 Å². The third-order valence-corrected chi connectivity index (χ3v) is 5.98. The van der Waals surface area contributed by atoms with Crippen LogP contribution in [0.25, 0.3) is 0 Å². The largest absolute Gasteiger partial charge is 0.348 e. The molecule has 152 valence electrons. The highest BCUT2D eigenvalue weighted by molar-refractivity contribution is 7.92. The van der Waals surface area contributed by atoms with Crippen molar-refractivity contribution in [3.63, 3.8) is 0 Å². The summed E-state index contributed by atoms with van der Waals surface area (Å²) < 4.78 is 25.8. The van der Waals surface area contributed by atoms with Gasteiger partial charge in [-0.05, 0) is 42.5 Å². The highest BCUT2D eigenvalue weighted by atomic mass is 32.2. The van der Waals surface area contributed by atoms with E-state index < -0.39 is 16.1 Å². The summed E-state index contributed by atoms with van der Waals surface area (Å²) in [7, 11) is -3.61. The summed E-state index contributed by atoms with van der Waals surface area (Å²) in [5.74, 6) is -0.346. The number of nitrogens with one attached hydrogen (secondary N) is 1. The molecule has 0 radical (unpaired) electrons. The van der Waals surface area contributed by atoms with E-state index in [0.717, 1.165) is 16.1 Å². The summed E-state index contributed by atoms with van der Waals surface area (Å²) in [6, 6.07) is 15.7. The van der Waals surface area contributed by atoms with Crippen molar-refractivity contribution >= 4 is 21.6 Å². The molecule has 1 N–H and O–H groups in total. The molecule has 0 aliphatic carbocycles. The lowest BCUT2D eigenvalue weighted by molar-refractivity contribution is -0.122. The van der Waals surface area contributed by atoms with E-state index in [1.54, 1.807) is 37.3 Å². The molecule has 2 atom stereocenters. The lowest BCUT2D eigenvalue weighted by atomic mass is 9.86. The smallest absolute Gasteiger partial charge is 0.244 e. The van der Waals surface area contributed by atoms with Crippen molar-refractivity contribution in [3.05, 3.63) is 65.7 Å². The Morgan fingerprint density at radius 1 is 0.964 bits per heavy atom. The summed E-state index contributed by atoms with van der Waals surface area (Å²) in [5, 5.41) is 2.93. The number of nitrogens with zero attached hydrogens (tertiary/aromatic N) is 1. The number of hydrogen-bond acceptors (Lipinski definition) is 3. The monoisotopic (exact) mass is 402 g/mol. The Kier molecular flexibility index (Phi) is 6.55. The number of carbonyl (C=O) groups excluding carboxylic acids is 1. The Morgan fingerprint density at radius 2 is 1.50 bits per heavy atom. The van der Waals surface area contributed by atoms with Crippen LogP contribution in [0, 0.1) is 0 Å². The van der Waals surface area contributed by atoms with Gasteiger partial charge in [0.1, 0.15) is 6.04 Å². The Hall–Kier alpha value is -2.34. The lowest BCUT2D eigenvalue weighted by Crippen LogP contribution is -2.48. The summed E-state index contributed by atoms with van der Waals surface area (Å²) in [4.78, 5) is 12.8. The predicted octanol–water partition coefficient (Wildman–Crippen LogP) is 4.02. The van der Waals surface area contributed by atoms with Gasteiger partial charge >= 0.3 is 0 Å². The van der Waals surface area contributed by atoms with Crippen LogP contribution in [-0.4, -0.2) is 26.6 Å². The van der Waals surface area contributed by atoms with Crippen molar-refractivity contribution in [1.82, 2.24) is 5.32 Å². The zero-order chi connectivity index (χ0) is 21.1.